The standard InChI is InChI=1S/C16H21F2N/c17-16(18)14-3-1-2-12(8-14)9-19-10-15-7-11-4-5-13(15)6-11/h1-3,8,11,13,15-16,19H,4-7,9-10H2. The van der Waals surface area contributed by atoms with Gasteiger partial charge in [-0.05, 0) is 55.2 Å². The van der Waals surface area contributed by atoms with Crippen molar-refractivity contribution in [3.05, 3.63) is 35.4 Å². The van der Waals surface area contributed by atoms with Gasteiger partial charge in [0.15, 0.2) is 0 Å². The van der Waals surface area contributed by atoms with E-state index in [1.807, 2.05) is 6.07 Å². The van der Waals surface area contributed by atoms with Gasteiger partial charge >= 0.3 is 0 Å². The summed E-state index contributed by atoms with van der Waals surface area (Å²) in [6, 6.07) is 6.73. The van der Waals surface area contributed by atoms with Crippen LogP contribution in [0, 0.1) is 17.8 Å². The minimum absolute atomic E-state index is 0.124. The highest BCUT2D eigenvalue weighted by Gasteiger charge is 2.38. The smallest absolute Gasteiger partial charge is 0.263 e. The first-order chi connectivity index (χ1) is 9.22. The zero-order chi connectivity index (χ0) is 13.2. The molecule has 0 spiro atoms. The van der Waals surface area contributed by atoms with Crippen molar-refractivity contribution in [2.24, 2.45) is 17.8 Å². The maximum Gasteiger partial charge on any atom is 0.263 e. The summed E-state index contributed by atoms with van der Waals surface area (Å²) in [5.41, 5.74) is 1.08. The van der Waals surface area contributed by atoms with Crippen LogP contribution in [0.15, 0.2) is 24.3 Å². The molecular formula is C16H21F2N. The van der Waals surface area contributed by atoms with E-state index in [4.69, 9.17) is 0 Å². The van der Waals surface area contributed by atoms with Crippen molar-refractivity contribution in [3.8, 4) is 0 Å². The molecule has 1 aromatic rings. The molecule has 0 amide bonds. The quantitative estimate of drug-likeness (QED) is 0.843. The van der Waals surface area contributed by atoms with Gasteiger partial charge in [-0.25, -0.2) is 8.78 Å². The van der Waals surface area contributed by atoms with Crippen molar-refractivity contribution in [1.82, 2.24) is 5.32 Å². The third kappa shape index (κ3) is 2.97. The SMILES string of the molecule is FC(F)c1cccc(CNCC2CC3CCC2C3)c1. The van der Waals surface area contributed by atoms with Crippen LogP contribution < -0.4 is 5.32 Å². The number of nitrogens with one attached hydrogen (secondary N) is 1. The first-order valence-electron chi connectivity index (χ1n) is 7.30. The lowest BCUT2D eigenvalue weighted by Gasteiger charge is -2.22. The summed E-state index contributed by atoms with van der Waals surface area (Å²) in [5, 5.41) is 3.45. The molecule has 2 fully saturated rings. The maximum absolute atomic E-state index is 12.6. The first kappa shape index (κ1) is 13.0. The van der Waals surface area contributed by atoms with E-state index in [9.17, 15) is 8.78 Å². The van der Waals surface area contributed by atoms with Crippen LogP contribution in [0.3, 0.4) is 0 Å². The Balaban J connectivity index is 1.48. The largest absolute Gasteiger partial charge is 0.312 e. The summed E-state index contributed by atoms with van der Waals surface area (Å²) in [5.74, 6) is 2.71. The molecule has 1 nitrogen and oxygen atoms in total. The second-order valence-electron chi connectivity index (χ2n) is 6.11. The van der Waals surface area contributed by atoms with E-state index in [0.717, 1.165) is 29.9 Å². The number of fused-ring (bicyclic) bond motifs is 2. The summed E-state index contributed by atoms with van der Waals surface area (Å²) in [6.07, 6.45) is 3.25. The number of benzene rings is 1. The molecule has 3 unspecified atom stereocenters. The predicted octanol–water partition coefficient (Wildman–Crippen LogP) is 4.15. The molecule has 2 aliphatic rings. The highest BCUT2D eigenvalue weighted by molar-refractivity contribution is 5.24. The zero-order valence-electron chi connectivity index (χ0n) is 11.1. The third-order valence-electron chi connectivity index (χ3n) is 4.82. The molecular weight excluding hydrogens is 244 g/mol. The lowest BCUT2D eigenvalue weighted by molar-refractivity contribution is 0.151. The number of hydrogen-bond acceptors (Lipinski definition) is 1. The van der Waals surface area contributed by atoms with Gasteiger partial charge in [0, 0.05) is 12.1 Å². The minimum Gasteiger partial charge on any atom is -0.312 e. The Labute approximate surface area is 113 Å². The average molecular weight is 265 g/mol. The van der Waals surface area contributed by atoms with E-state index in [1.54, 1.807) is 12.1 Å². The van der Waals surface area contributed by atoms with Crippen LogP contribution in [0.25, 0.3) is 0 Å². The van der Waals surface area contributed by atoms with Crippen molar-refractivity contribution in [3.63, 3.8) is 0 Å². The fourth-order valence-corrected chi connectivity index (χ4v) is 3.87. The lowest BCUT2D eigenvalue weighted by atomic mass is 9.89. The number of rotatable bonds is 5. The van der Waals surface area contributed by atoms with Crippen molar-refractivity contribution < 1.29 is 8.78 Å². The van der Waals surface area contributed by atoms with E-state index in [1.165, 1.54) is 31.7 Å². The Hall–Kier alpha value is -0.960. The van der Waals surface area contributed by atoms with Gasteiger partial charge in [0.1, 0.15) is 0 Å². The fourth-order valence-electron chi connectivity index (χ4n) is 3.87. The molecule has 0 radical (unpaired) electrons. The minimum atomic E-state index is -2.37. The molecule has 0 heterocycles. The van der Waals surface area contributed by atoms with Crippen LogP contribution >= 0.6 is 0 Å². The number of hydrogen-bond donors (Lipinski definition) is 1. The zero-order valence-corrected chi connectivity index (χ0v) is 11.1. The number of alkyl halides is 2. The highest BCUT2D eigenvalue weighted by Crippen LogP contribution is 2.47. The van der Waals surface area contributed by atoms with Crippen LogP contribution in [0.1, 0.15) is 43.2 Å². The van der Waals surface area contributed by atoms with E-state index >= 15 is 0 Å². The average Bonchev–Trinajstić information content (AvgIpc) is 3.01. The molecule has 3 rings (SSSR count). The summed E-state index contributed by atoms with van der Waals surface area (Å²) in [4.78, 5) is 0. The van der Waals surface area contributed by atoms with Crippen LogP contribution in [0.5, 0.6) is 0 Å². The van der Waals surface area contributed by atoms with Gasteiger partial charge < -0.3 is 5.32 Å². The van der Waals surface area contributed by atoms with Crippen molar-refractivity contribution in [1.29, 1.82) is 0 Å². The molecule has 0 aromatic heterocycles. The van der Waals surface area contributed by atoms with Crippen LogP contribution in [-0.4, -0.2) is 6.54 Å². The second-order valence-corrected chi connectivity index (χ2v) is 6.11. The van der Waals surface area contributed by atoms with Gasteiger partial charge in [0.05, 0.1) is 0 Å². The normalized spacial score (nSPS) is 29.3. The van der Waals surface area contributed by atoms with E-state index in [-0.39, 0.29) is 5.56 Å². The highest BCUT2D eigenvalue weighted by atomic mass is 19.3. The van der Waals surface area contributed by atoms with Gasteiger partial charge in [0.25, 0.3) is 6.43 Å². The van der Waals surface area contributed by atoms with Gasteiger partial charge in [0.2, 0.25) is 0 Å². The Morgan fingerprint density at radius 2 is 2.11 bits per heavy atom. The predicted molar refractivity (Wildman–Crippen MR) is 72.0 cm³/mol. The molecule has 2 saturated carbocycles. The van der Waals surface area contributed by atoms with Gasteiger partial charge in [-0.2, -0.15) is 0 Å². The molecule has 2 bridgehead atoms. The van der Waals surface area contributed by atoms with Crippen LogP contribution in [-0.2, 0) is 6.54 Å². The van der Waals surface area contributed by atoms with E-state index in [2.05, 4.69) is 5.32 Å². The summed E-state index contributed by atoms with van der Waals surface area (Å²) >= 11 is 0. The maximum atomic E-state index is 12.6. The molecule has 104 valence electrons. The van der Waals surface area contributed by atoms with Crippen molar-refractivity contribution >= 4 is 0 Å². The van der Waals surface area contributed by atoms with Crippen LogP contribution in [0.2, 0.25) is 0 Å². The summed E-state index contributed by atoms with van der Waals surface area (Å²) in [6.45, 7) is 1.74. The summed E-state index contributed by atoms with van der Waals surface area (Å²) < 4.78 is 25.2. The Morgan fingerprint density at radius 3 is 2.79 bits per heavy atom. The molecule has 1 N–H and O–H groups in total. The Morgan fingerprint density at radius 1 is 1.21 bits per heavy atom. The van der Waals surface area contributed by atoms with Crippen molar-refractivity contribution in [2.45, 2.75) is 38.7 Å². The lowest BCUT2D eigenvalue weighted by Crippen LogP contribution is -2.26. The molecule has 3 heteroatoms. The molecule has 3 atom stereocenters. The Kier molecular flexibility index (Phi) is 3.83. The number of halogens is 2. The van der Waals surface area contributed by atoms with Crippen molar-refractivity contribution in [2.75, 3.05) is 6.54 Å². The van der Waals surface area contributed by atoms with E-state index in [0.29, 0.717) is 6.54 Å². The molecule has 0 saturated heterocycles. The fraction of sp³-hybridized carbons (Fsp3) is 0.625. The molecule has 0 aliphatic heterocycles. The van der Waals surface area contributed by atoms with Gasteiger partial charge in [-0.15, -0.1) is 0 Å². The molecule has 2 aliphatic carbocycles. The molecule has 1 aromatic carbocycles. The topological polar surface area (TPSA) is 12.0 Å². The van der Waals surface area contributed by atoms with E-state index < -0.39 is 6.43 Å². The van der Waals surface area contributed by atoms with Gasteiger partial charge in [-0.3, -0.25) is 0 Å². The Bertz CT molecular complexity index is 433. The third-order valence-corrected chi connectivity index (χ3v) is 4.82. The second kappa shape index (κ2) is 5.58. The summed E-state index contributed by atoms with van der Waals surface area (Å²) in [7, 11) is 0. The van der Waals surface area contributed by atoms with Crippen LogP contribution in [0.4, 0.5) is 8.78 Å². The monoisotopic (exact) mass is 265 g/mol. The first-order valence-corrected chi connectivity index (χ1v) is 7.30. The molecule has 19 heavy (non-hydrogen) atoms. The van der Waals surface area contributed by atoms with Gasteiger partial charge in [-0.1, -0.05) is 24.6 Å².